The number of amidine groups is 1. The molecule has 0 aliphatic carbocycles. The zero-order chi connectivity index (χ0) is 22.8. The van der Waals surface area contributed by atoms with E-state index in [1.165, 1.54) is 19.5 Å². The Labute approximate surface area is 193 Å². The number of aryl methyl sites for hydroxylation is 1. The van der Waals surface area contributed by atoms with E-state index in [1.807, 2.05) is 24.0 Å². The van der Waals surface area contributed by atoms with Gasteiger partial charge in [0.25, 0.3) is 5.91 Å². The SMILES string of the molecule is COc1c(OCCCN2CCC2)ccc2c1N=C(NC(=O)c1cccnc1C)N1CCN=C21. The van der Waals surface area contributed by atoms with Crippen molar-refractivity contribution in [2.24, 2.45) is 9.98 Å². The molecule has 3 aliphatic heterocycles. The fourth-order valence-electron chi connectivity index (χ4n) is 4.27. The van der Waals surface area contributed by atoms with E-state index < -0.39 is 0 Å². The van der Waals surface area contributed by atoms with Gasteiger partial charge in [0.2, 0.25) is 5.96 Å². The van der Waals surface area contributed by atoms with Crippen LogP contribution in [0.3, 0.4) is 0 Å². The third-order valence-corrected chi connectivity index (χ3v) is 6.16. The van der Waals surface area contributed by atoms with Gasteiger partial charge < -0.3 is 14.4 Å². The van der Waals surface area contributed by atoms with Gasteiger partial charge in [-0.2, -0.15) is 0 Å². The maximum Gasteiger partial charge on any atom is 0.259 e. The average molecular weight is 449 g/mol. The Balaban J connectivity index is 1.41. The van der Waals surface area contributed by atoms with Gasteiger partial charge in [0.15, 0.2) is 11.5 Å². The van der Waals surface area contributed by atoms with Crippen molar-refractivity contribution >= 4 is 23.4 Å². The lowest BCUT2D eigenvalue weighted by atomic mass is 10.1. The molecule has 0 radical (unpaired) electrons. The van der Waals surface area contributed by atoms with Crippen LogP contribution in [-0.2, 0) is 0 Å². The van der Waals surface area contributed by atoms with E-state index in [9.17, 15) is 4.79 Å². The summed E-state index contributed by atoms with van der Waals surface area (Å²) in [5.41, 5.74) is 2.66. The van der Waals surface area contributed by atoms with Crippen molar-refractivity contribution in [2.45, 2.75) is 19.8 Å². The highest BCUT2D eigenvalue weighted by Crippen LogP contribution is 2.43. The predicted molar refractivity (Wildman–Crippen MR) is 126 cm³/mol. The molecule has 0 bridgehead atoms. The van der Waals surface area contributed by atoms with E-state index in [-0.39, 0.29) is 5.91 Å². The topological polar surface area (TPSA) is 91.7 Å². The molecule has 0 saturated carbocycles. The Hall–Kier alpha value is -3.46. The third kappa shape index (κ3) is 4.16. The van der Waals surface area contributed by atoms with Gasteiger partial charge in [-0.25, -0.2) is 4.99 Å². The molecule has 0 spiro atoms. The van der Waals surface area contributed by atoms with Gasteiger partial charge in [-0.15, -0.1) is 0 Å². The minimum atomic E-state index is -0.258. The first kappa shape index (κ1) is 21.4. The summed E-state index contributed by atoms with van der Waals surface area (Å²) in [5.74, 6) is 2.15. The standard InChI is InChI=1S/C24H28N6O3/c1-16-17(6-3-9-25-16)23(31)28-24-27-20-18(22-26-10-14-30(22)24)7-8-19(21(20)32-2)33-15-5-13-29-11-4-12-29/h3,6-9H,4-5,10-15H2,1-2H3,(H,27,28,31). The molecule has 0 atom stereocenters. The fourth-order valence-corrected chi connectivity index (χ4v) is 4.27. The van der Waals surface area contributed by atoms with Gasteiger partial charge in [-0.1, -0.05) is 0 Å². The maximum atomic E-state index is 13.0. The first-order valence-electron chi connectivity index (χ1n) is 11.4. The molecular formula is C24H28N6O3. The van der Waals surface area contributed by atoms with Crippen molar-refractivity contribution in [1.29, 1.82) is 0 Å². The molecule has 33 heavy (non-hydrogen) atoms. The second-order valence-corrected chi connectivity index (χ2v) is 8.27. The average Bonchev–Trinajstić information content (AvgIpc) is 3.28. The normalized spacial score (nSPS) is 16.8. The van der Waals surface area contributed by atoms with Crippen LogP contribution in [0.2, 0.25) is 0 Å². The highest BCUT2D eigenvalue weighted by molar-refractivity contribution is 6.20. The van der Waals surface area contributed by atoms with Crippen molar-refractivity contribution in [3.05, 3.63) is 47.3 Å². The van der Waals surface area contributed by atoms with E-state index in [4.69, 9.17) is 14.5 Å². The second kappa shape index (κ2) is 9.19. The number of aliphatic imine (C=N–C) groups is 2. The monoisotopic (exact) mass is 448 g/mol. The Kier molecular flexibility index (Phi) is 5.95. The van der Waals surface area contributed by atoms with Crippen LogP contribution in [-0.4, -0.2) is 78.9 Å². The van der Waals surface area contributed by atoms with Crippen LogP contribution in [0.25, 0.3) is 0 Å². The Morgan fingerprint density at radius 3 is 2.85 bits per heavy atom. The quantitative estimate of drug-likeness (QED) is 0.654. The highest BCUT2D eigenvalue weighted by Gasteiger charge is 2.33. The van der Waals surface area contributed by atoms with E-state index >= 15 is 0 Å². The molecule has 4 heterocycles. The number of fused-ring (bicyclic) bond motifs is 3. The molecule has 1 fully saturated rings. The summed E-state index contributed by atoms with van der Waals surface area (Å²) < 4.78 is 11.8. The maximum absolute atomic E-state index is 13.0. The Bertz CT molecular complexity index is 1130. The number of rotatable bonds is 7. The summed E-state index contributed by atoms with van der Waals surface area (Å²) >= 11 is 0. The van der Waals surface area contributed by atoms with E-state index in [2.05, 4.69) is 20.2 Å². The Morgan fingerprint density at radius 2 is 2.09 bits per heavy atom. The molecule has 5 rings (SSSR count). The summed E-state index contributed by atoms with van der Waals surface area (Å²) in [5, 5.41) is 2.95. The summed E-state index contributed by atoms with van der Waals surface area (Å²) in [6.07, 6.45) is 3.91. The number of hydrogen-bond acceptors (Lipinski definition) is 8. The smallest absolute Gasteiger partial charge is 0.259 e. The number of aromatic nitrogens is 1. The second-order valence-electron chi connectivity index (χ2n) is 8.27. The van der Waals surface area contributed by atoms with Gasteiger partial charge in [-0.3, -0.25) is 25.0 Å². The number of guanidine groups is 1. The molecule has 2 aromatic rings. The zero-order valence-electron chi connectivity index (χ0n) is 19.0. The first-order chi connectivity index (χ1) is 16.2. The number of methoxy groups -OCH3 is 1. The molecule has 1 amide bonds. The van der Waals surface area contributed by atoms with Crippen LogP contribution in [0.5, 0.6) is 11.5 Å². The molecule has 1 aromatic heterocycles. The number of ether oxygens (including phenoxy) is 2. The molecular weight excluding hydrogens is 420 g/mol. The molecule has 1 saturated heterocycles. The van der Waals surface area contributed by atoms with Crippen molar-refractivity contribution in [3.8, 4) is 11.5 Å². The highest BCUT2D eigenvalue weighted by atomic mass is 16.5. The van der Waals surface area contributed by atoms with Gasteiger partial charge in [0, 0.05) is 30.5 Å². The van der Waals surface area contributed by atoms with Crippen molar-refractivity contribution in [3.63, 3.8) is 0 Å². The van der Waals surface area contributed by atoms with Gasteiger partial charge in [0.1, 0.15) is 11.5 Å². The lowest BCUT2D eigenvalue weighted by Crippen LogP contribution is -2.47. The van der Waals surface area contributed by atoms with Crippen LogP contribution < -0.4 is 14.8 Å². The largest absolute Gasteiger partial charge is 0.491 e. The zero-order valence-corrected chi connectivity index (χ0v) is 19.0. The number of benzene rings is 1. The van der Waals surface area contributed by atoms with Crippen molar-refractivity contribution < 1.29 is 14.3 Å². The summed E-state index contributed by atoms with van der Waals surface area (Å²) in [7, 11) is 1.61. The molecule has 1 aromatic carbocycles. The number of pyridine rings is 1. The molecule has 0 unspecified atom stereocenters. The number of nitrogens with zero attached hydrogens (tertiary/aromatic N) is 5. The van der Waals surface area contributed by atoms with Gasteiger partial charge >= 0.3 is 0 Å². The minimum Gasteiger partial charge on any atom is -0.491 e. The van der Waals surface area contributed by atoms with E-state index in [0.29, 0.717) is 54.1 Å². The van der Waals surface area contributed by atoms with Crippen LogP contribution in [0.1, 0.15) is 34.5 Å². The summed E-state index contributed by atoms with van der Waals surface area (Å²) in [6.45, 7) is 7.10. The summed E-state index contributed by atoms with van der Waals surface area (Å²) in [6, 6.07) is 7.38. The number of likely N-dealkylation sites (tertiary alicyclic amines) is 1. The molecule has 1 N–H and O–H groups in total. The molecule has 9 nitrogen and oxygen atoms in total. The third-order valence-electron chi connectivity index (χ3n) is 6.16. The number of hydrogen-bond donors (Lipinski definition) is 1. The van der Waals surface area contributed by atoms with Gasteiger partial charge in [-0.05, 0) is 57.1 Å². The fraction of sp³-hybridized carbons (Fsp3) is 0.417. The van der Waals surface area contributed by atoms with Crippen molar-refractivity contribution in [2.75, 3.05) is 46.4 Å². The van der Waals surface area contributed by atoms with Crippen LogP contribution in [0.15, 0.2) is 40.4 Å². The Morgan fingerprint density at radius 1 is 1.21 bits per heavy atom. The lowest BCUT2D eigenvalue weighted by Gasteiger charge is -2.30. The van der Waals surface area contributed by atoms with Crippen LogP contribution in [0, 0.1) is 6.92 Å². The molecule has 9 heteroatoms. The minimum absolute atomic E-state index is 0.258. The first-order valence-corrected chi connectivity index (χ1v) is 11.4. The van der Waals surface area contributed by atoms with Gasteiger partial charge in [0.05, 0.1) is 25.8 Å². The number of carbonyl (C=O) groups excluding carboxylic acids is 1. The van der Waals surface area contributed by atoms with E-state index in [0.717, 1.165) is 24.4 Å². The van der Waals surface area contributed by atoms with E-state index in [1.54, 1.807) is 25.4 Å². The predicted octanol–water partition coefficient (Wildman–Crippen LogP) is 2.37. The number of amides is 1. The van der Waals surface area contributed by atoms with Crippen LogP contribution >= 0.6 is 0 Å². The lowest BCUT2D eigenvalue weighted by molar-refractivity contribution is 0.0973. The number of carbonyl (C=O) groups is 1. The van der Waals surface area contributed by atoms with Crippen molar-refractivity contribution in [1.82, 2.24) is 20.1 Å². The summed E-state index contributed by atoms with van der Waals surface area (Å²) in [4.78, 5) is 31.0. The molecule has 172 valence electrons. The number of nitrogens with one attached hydrogen (secondary N) is 1. The van der Waals surface area contributed by atoms with Crippen LogP contribution in [0.4, 0.5) is 5.69 Å². The molecule has 3 aliphatic rings.